The van der Waals surface area contributed by atoms with E-state index in [-0.39, 0.29) is 26.8 Å². The molecule has 3 N–H and O–H groups in total. The van der Waals surface area contributed by atoms with E-state index in [0.717, 1.165) is 49.2 Å². The van der Waals surface area contributed by atoms with Crippen LogP contribution in [0.25, 0.3) is 22.0 Å². The van der Waals surface area contributed by atoms with Crippen molar-refractivity contribution >= 4 is 10.9 Å². The minimum absolute atomic E-state index is 0. The molecule has 0 atom stereocenters. The number of ether oxygens (including phenoxy) is 1. The van der Waals surface area contributed by atoms with Crippen LogP contribution in [0.3, 0.4) is 0 Å². The van der Waals surface area contributed by atoms with Gasteiger partial charge in [-0.1, -0.05) is 0 Å². The van der Waals surface area contributed by atoms with Crippen molar-refractivity contribution in [2.24, 2.45) is 0 Å². The van der Waals surface area contributed by atoms with Crippen LogP contribution >= 0.6 is 0 Å². The standard InChI is InChI=1S/C10H11N2O.C4H8NO.W/c11-4-3-7-6-12-10-2-1-8(13)5-9(7)10;1-3-6-4-2-5-1;/h1-2,5-6,11-13H,3-4H2;1-4H2;/q2*-1;+2. The van der Waals surface area contributed by atoms with E-state index in [0.29, 0.717) is 6.54 Å². The molecule has 0 radical (unpaired) electrons. The summed E-state index contributed by atoms with van der Waals surface area (Å²) in [5.41, 5.74) is 9.24. The van der Waals surface area contributed by atoms with Gasteiger partial charge >= 0.3 is 21.1 Å². The fraction of sp³-hybridized carbons (Fsp3) is 0.429. The Labute approximate surface area is 133 Å². The molecule has 0 spiro atoms. The number of rotatable bonds is 2. The summed E-state index contributed by atoms with van der Waals surface area (Å²) in [4.78, 5) is 3.11. The van der Waals surface area contributed by atoms with E-state index < -0.39 is 0 Å². The predicted molar refractivity (Wildman–Crippen MR) is 76.8 cm³/mol. The molecule has 6 heteroatoms. The number of aromatic nitrogens is 1. The number of nitrogens with one attached hydrogen (secondary N) is 2. The number of aromatic amines is 1. The average molecular weight is 445 g/mol. The normalized spacial score (nSPS) is 14.2. The molecule has 3 rings (SSSR count). The van der Waals surface area contributed by atoms with Gasteiger partial charge < -0.3 is 25.9 Å². The van der Waals surface area contributed by atoms with Gasteiger partial charge in [0.15, 0.2) is 0 Å². The van der Waals surface area contributed by atoms with E-state index >= 15 is 0 Å². The Balaban J connectivity index is 0.000000243. The van der Waals surface area contributed by atoms with Gasteiger partial charge in [0.2, 0.25) is 0 Å². The zero-order chi connectivity index (χ0) is 13.5. The Morgan fingerprint density at radius 1 is 1.30 bits per heavy atom. The second kappa shape index (κ2) is 9.14. The number of phenolic OH excluding ortho intramolecular Hbond substituents is 1. The number of benzene rings is 1. The smallest absolute Gasteiger partial charge is 0.677 e. The molecular formula is C14H19N3O2W. The topological polar surface area (TPSA) is 83.2 Å². The molecule has 1 fully saturated rings. The summed E-state index contributed by atoms with van der Waals surface area (Å²) in [6.45, 7) is 3.85. The SMILES string of the molecule is C1COCC[N-]1.[NH-]CCc1c[nH]c2ccc(O)cc12.[W+2]. The van der Waals surface area contributed by atoms with Crippen molar-refractivity contribution in [3.8, 4) is 5.75 Å². The second-order valence-electron chi connectivity index (χ2n) is 4.33. The van der Waals surface area contributed by atoms with Crippen LogP contribution in [0.5, 0.6) is 5.75 Å². The molecule has 2 heterocycles. The monoisotopic (exact) mass is 445 g/mol. The Morgan fingerprint density at radius 3 is 2.60 bits per heavy atom. The molecule has 2 aromatic rings. The summed E-state index contributed by atoms with van der Waals surface area (Å²) in [5.74, 6) is 0.276. The summed E-state index contributed by atoms with van der Waals surface area (Å²) in [6.07, 6.45) is 2.63. The average Bonchev–Trinajstić information content (AvgIpc) is 2.85. The Morgan fingerprint density at radius 2 is 2.05 bits per heavy atom. The minimum atomic E-state index is 0. The first kappa shape index (κ1) is 17.2. The first-order chi connectivity index (χ1) is 9.31. The van der Waals surface area contributed by atoms with Gasteiger partial charge in [-0.05, 0) is 30.2 Å². The third-order valence-corrected chi connectivity index (χ3v) is 2.93. The minimum Gasteiger partial charge on any atom is -0.677 e. The van der Waals surface area contributed by atoms with E-state index in [1.165, 1.54) is 0 Å². The van der Waals surface area contributed by atoms with Gasteiger partial charge in [-0.3, -0.25) is 0 Å². The van der Waals surface area contributed by atoms with Gasteiger partial charge in [0.25, 0.3) is 0 Å². The maximum atomic E-state index is 9.28. The van der Waals surface area contributed by atoms with Crippen molar-refractivity contribution < 1.29 is 30.9 Å². The molecule has 1 saturated heterocycles. The summed E-state index contributed by atoms with van der Waals surface area (Å²) < 4.78 is 4.98. The molecule has 5 nitrogen and oxygen atoms in total. The van der Waals surface area contributed by atoms with E-state index in [1.54, 1.807) is 12.1 Å². The van der Waals surface area contributed by atoms with Crippen LogP contribution in [-0.4, -0.2) is 42.9 Å². The van der Waals surface area contributed by atoms with Crippen LogP contribution in [0, 0.1) is 0 Å². The fourth-order valence-electron chi connectivity index (χ4n) is 1.98. The maximum absolute atomic E-state index is 9.28. The van der Waals surface area contributed by atoms with Gasteiger partial charge in [0, 0.05) is 30.3 Å². The van der Waals surface area contributed by atoms with Gasteiger partial charge in [0.05, 0.1) is 0 Å². The Hall–Kier alpha value is -0.872. The van der Waals surface area contributed by atoms with Crippen LogP contribution < -0.4 is 0 Å². The maximum Gasteiger partial charge on any atom is 2.00 e. The van der Waals surface area contributed by atoms with E-state index in [4.69, 9.17) is 10.5 Å². The van der Waals surface area contributed by atoms with Crippen molar-refractivity contribution in [2.45, 2.75) is 6.42 Å². The molecule has 1 aliphatic heterocycles. The van der Waals surface area contributed by atoms with Crippen LogP contribution in [0.15, 0.2) is 24.4 Å². The van der Waals surface area contributed by atoms with Crippen LogP contribution in [0.4, 0.5) is 0 Å². The molecule has 20 heavy (non-hydrogen) atoms. The molecule has 0 unspecified atom stereocenters. The van der Waals surface area contributed by atoms with Crippen LogP contribution in [0.1, 0.15) is 5.56 Å². The van der Waals surface area contributed by atoms with Gasteiger partial charge in [-0.2, -0.15) is 0 Å². The summed E-state index contributed by atoms with van der Waals surface area (Å²) in [5, 5.41) is 14.4. The molecule has 0 amide bonds. The number of nitrogens with zero attached hydrogens (tertiary/aromatic N) is 1. The molecule has 1 aliphatic rings. The molecule has 1 aromatic heterocycles. The number of phenols is 1. The number of hydrogen-bond acceptors (Lipinski definition) is 2. The molecular weight excluding hydrogens is 426 g/mol. The Bertz CT molecular complexity index is 501. The third kappa shape index (κ3) is 4.91. The fourth-order valence-corrected chi connectivity index (χ4v) is 1.98. The number of hydrogen-bond donors (Lipinski definition) is 2. The number of H-pyrrole nitrogens is 1. The summed E-state index contributed by atoms with van der Waals surface area (Å²) in [7, 11) is 0. The van der Waals surface area contributed by atoms with Crippen LogP contribution in [0.2, 0.25) is 0 Å². The Kier molecular flexibility index (Phi) is 7.85. The van der Waals surface area contributed by atoms with Crippen molar-refractivity contribution in [1.29, 1.82) is 0 Å². The summed E-state index contributed by atoms with van der Waals surface area (Å²) in [6, 6.07) is 5.23. The molecule has 0 saturated carbocycles. The first-order valence-corrected chi connectivity index (χ1v) is 6.46. The first-order valence-electron chi connectivity index (χ1n) is 6.46. The largest absolute Gasteiger partial charge is 2.00 e. The van der Waals surface area contributed by atoms with Gasteiger partial charge in [0.1, 0.15) is 5.75 Å². The molecule has 0 aliphatic carbocycles. The zero-order valence-corrected chi connectivity index (χ0v) is 14.2. The quantitative estimate of drug-likeness (QED) is 0.746. The number of fused-ring (bicyclic) bond motifs is 1. The van der Waals surface area contributed by atoms with Crippen molar-refractivity contribution in [1.82, 2.24) is 4.98 Å². The number of aromatic hydroxyl groups is 1. The van der Waals surface area contributed by atoms with Crippen molar-refractivity contribution in [2.75, 3.05) is 32.8 Å². The number of morpholine rings is 1. The van der Waals surface area contributed by atoms with E-state index in [2.05, 4.69) is 10.3 Å². The molecule has 0 bridgehead atoms. The summed E-state index contributed by atoms with van der Waals surface area (Å²) >= 11 is 0. The third-order valence-electron chi connectivity index (χ3n) is 2.93. The second-order valence-corrected chi connectivity index (χ2v) is 4.33. The van der Waals surface area contributed by atoms with Gasteiger partial charge in [-0.25, -0.2) is 0 Å². The molecule has 1 aromatic carbocycles. The van der Waals surface area contributed by atoms with E-state index in [9.17, 15) is 5.11 Å². The predicted octanol–water partition coefficient (Wildman–Crippen LogP) is 2.86. The van der Waals surface area contributed by atoms with Crippen LogP contribution in [-0.2, 0) is 32.2 Å². The van der Waals surface area contributed by atoms with Crippen molar-refractivity contribution in [3.63, 3.8) is 0 Å². The molecule has 108 valence electrons. The van der Waals surface area contributed by atoms with E-state index in [1.807, 2.05) is 12.3 Å². The zero-order valence-electron chi connectivity index (χ0n) is 11.3. The van der Waals surface area contributed by atoms with Crippen molar-refractivity contribution in [3.05, 3.63) is 41.0 Å². The van der Waals surface area contributed by atoms with Gasteiger partial charge in [-0.15, -0.1) is 19.6 Å².